The number of thioether (sulfide) groups is 1. The fourth-order valence-electron chi connectivity index (χ4n) is 2.86. The van der Waals surface area contributed by atoms with Gasteiger partial charge in [0.05, 0.1) is 12.0 Å². The molecule has 158 valence electrons. The van der Waals surface area contributed by atoms with Gasteiger partial charge in [-0.05, 0) is 37.0 Å². The summed E-state index contributed by atoms with van der Waals surface area (Å²) in [6, 6.07) is 12.0. The Morgan fingerprint density at radius 3 is 2.53 bits per heavy atom. The molecule has 1 aromatic carbocycles. The van der Waals surface area contributed by atoms with Gasteiger partial charge in [0.2, 0.25) is 0 Å². The van der Waals surface area contributed by atoms with Crippen molar-refractivity contribution in [2.75, 3.05) is 5.75 Å². The second-order valence-electron chi connectivity index (χ2n) is 7.88. The van der Waals surface area contributed by atoms with Gasteiger partial charge >= 0.3 is 0 Å². The third kappa shape index (κ3) is 5.18. The smallest absolute Gasteiger partial charge is 0.250 e. The molecule has 7 nitrogen and oxygen atoms in total. The average Bonchev–Trinajstić information content (AvgIpc) is 3.39. The number of carbonyl (C=O) groups is 1. The molecule has 0 unspecified atom stereocenters. The quantitative estimate of drug-likeness (QED) is 0.342. The molecule has 0 bridgehead atoms. The van der Waals surface area contributed by atoms with E-state index in [-0.39, 0.29) is 17.1 Å². The highest BCUT2D eigenvalue weighted by Crippen LogP contribution is 2.27. The number of nitrogens with zero attached hydrogens (tertiary/aromatic N) is 4. The molecule has 30 heavy (non-hydrogen) atoms. The second kappa shape index (κ2) is 9.30. The van der Waals surface area contributed by atoms with Crippen molar-refractivity contribution >= 4 is 23.4 Å². The summed E-state index contributed by atoms with van der Waals surface area (Å²) >= 11 is 1.34. The summed E-state index contributed by atoms with van der Waals surface area (Å²) in [4.78, 5) is 12.2. The minimum atomic E-state index is -0.215. The number of hydrogen-bond acceptors (Lipinski definition) is 6. The summed E-state index contributed by atoms with van der Waals surface area (Å²) in [5.74, 6) is 1.40. The topological polar surface area (TPSA) is 85.3 Å². The van der Waals surface area contributed by atoms with Gasteiger partial charge in [0.25, 0.3) is 5.91 Å². The molecule has 2 aromatic heterocycles. The van der Waals surface area contributed by atoms with Gasteiger partial charge < -0.3 is 8.98 Å². The van der Waals surface area contributed by atoms with Gasteiger partial charge in [0.1, 0.15) is 11.5 Å². The maximum absolute atomic E-state index is 12.2. The zero-order chi connectivity index (χ0) is 21.7. The van der Waals surface area contributed by atoms with Crippen LogP contribution in [-0.2, 0) is 16.8 Å². The van der Waals surface area contributed by atoms with Crippen LogP contribution in [0.3, 0.4) is 0 Å². The third-order valence-electron chi connectivity index (χ3n) is 4.60. The molecule has 3 rings (SSSR count). The van der Waals surface area contributed by atoms with E-state index in [9.17, 15) is 4.79 Å². The van der Waals surface area contributed by atoms with E-state index in [4.69, 9.17) is 4.42 Å². The van der Waals surface area contributed by atoms with Gasteiger partial charge in [0, 0.05) is 12.1 Å². The van der Waals surface area contributed by atoms with Gasteiger partial charge in [-0.3, -0.25) is 4.79 Å². The third-order valence-corrected chi connectivity index (χ3v) is 5.57. The normalized spacial score (nSPS) is 12.2. The number of benzene rings is 1. The Labute approximate surface area is 181 Å². The summed E-state index contributed by atoms with van der Waals surface area (Å²) in [5.41, 5.74) is 5.53. The van der Waals surface area contributed by atoms with Gasteiger partial charge in [-0.2, -0.15) is 5.10 Å². The van der Waals surface area contributed by atoms with Crippen LogP contribution in [0.15, 0.2) is 57.3 Å². The Balaban J connectivity index is 1.66. The molecule has 0 fully saturated rings. The highest BCUT2D eigenvalue weighted by atomic mass is 32.2. The lowest BCUT2D eigenvalue weighted by Crippen LogP contribution is -2.21. The summed E-state index contributed by atoms with van der Waals surface area (Å²) in [5, 5.41) is 13.4. The summed E-state index contributed by atoms with van der Waals surface area (Å²) in [7, 11) is 0. The van der Waals surface area contributed by atoms with Gasteiger partial charge in [-0.25, -0.2) is 5.43 Å². The minimum Gasteiger partial charge on any atom is -0.463 e. The standard InChI is InChI=1S/C22H27N5O2S/c1-6-27-20(16-9-11-17(12-10-16)22(3,4)5)25-26-21(27)30-14-19(28)24-23-15(2)18-8-7-13-29-18/h7-13H,6,14H2,1-5H3,(H,24,28)/b23-15-. The first-order valence-corrected chi connectivity index (χ1v) is 10.8. The number of rotatable bonds is 7. The van der Waals surface area contributed by atoms with Crippen molar-refractivity contribution in [1.29, 1.82) is 0 Å². The molecule has 1 N–H and O–H groups in total. The van der Waals surface area contributed by atoms with E-state index in [1.54, 1.807) is 25.3 Å². The van der Waals surface area contributed by atoms with Gasteiger partial charge in [-0.1, -0.05) is 56.8 Å². The fourth-order valence-corrected chi connectivity index (χ4v) is 3.66. The summed E-state index contributed by atoms with van der Waals surface area (Å²) in [6.07, 6.45) is 1.57. The van der Waals surface area contributed by atoms with E-state index in [2.05, 4.69) is 65.8 Å². The predicted octanol–water partition coefficient (Wildman–Crippen LogP) is 4.49. The van der Waals surface area contributed by atoms with Crippen molar-refractivity contribution in [2.45, 2.75) is 51.7 Å². The molecular formula is C22H27N5O2S. The Morgan fingerprint density at radius 2 is 1.93 bits per heavy atom. The maximum atomic E-state index is 12.2. The minimum absolute atomic E-state index is 0.100. The number of amides is 1. The van der Waals surface area contributed by atoms with Crippen LogP contribution in [0.1, 0.15) is 45.9 Å². The average molecular weight is 426 g/mol. The van der Waals surface area contributed by atoms with Crippen LogP contribution in [-0.4, -0.2) is 32.1 Å². The molecule has 0 saturated carbocycles. The number of hydrogen-bond donors (Lipinski definition) is 1. The predicted molar refractivity (Wildman–Crippen MR) is 120 cm³/mol. The van der Waals surface area contributed by atoms with Crippen LogP contribution in [0, 0.1) is 0 Å². The molecular weight excluding hydrogens is 398 g/mol. The monoisotopic (exact) mass is 425 g/mol. The molecule has 1 amide bonds. The lowest BCUT2D eigenvalue weighted by Gasteiger charge is -2.19. The van der Waals surface area contributed by atoms with Crippen LogP contribution in [0.5, 0.6) is 0 Å². The second-order valence-corrected chi connectivity index (χ2v) is 8.82. The van der Waals surface area contributed by atoms with Crippen molar-refractivity contribution in [3.05, 3.63) is 54.0 Å². The van der Waals surface area contributed by atoms with Crippen LogP contribution in [0.25, 0.3) is 11.4 Å². The van der Waals surface area contributed by atoms with Crippen molar-refractivity contribution < 1.29 is 9.21 Å². The Kier molecular flexibility index (Phi) is 6.77. The van der Waals surface area contributed by atoms with E-state index in [0.29, 0.717) is 23.2 Å². The van der Waals surface area contributed by atoms with E-state index < -0.39 is 0 Å². The van der Waals surface area contributed by atoms with Crippen LogP contribution in [0.2, 0.25) is 0 Å². The first-order chi connectivity index (χ1) is 14.3. The summed E-state index contributed by atoms with van der Waals surface area (Å²) < 4.78 is 7.26. The number of hydrazone groups is 1. The number of nitrogens with one attached hydrogen (secondary N) is 1. The lowest BCUT2D eigenvalue weighted by atomic mass is 9.87. The Hall–Kier alpha value is -2.87. The van der Waals surface area contributed by atoms with E-state index in [0.717, 1.165) is 11.4 Å². The SMILES string of the molecule is CCn1c(SCC(=O)N/N=C(/C)c2ccco2)nnc1-c1ccc(C(C)(C)C)cc1. The first-order valence-electron chi connectivity index (χ1n) is 9.83. The summed E-state index contributed by atoms with van der Waals surface area (Å²) in [6.45, 7) is 11.1. The Bertz CT molecular complexity index is 1010. The molecule has 0 aliphatic rings. The zero-order valence-corrected chi connectivity index (χ0v) is 18.8. The highest BCUT2D eigenvalue weighted by molar-refractivity contribution is 7.99. The molecule has 2 heterocycles. The highest BCUT2D eigenvalue weighted by Gasteiger charge is 2.17. The van der Waals surface area contributed by atoms with Crippen LogP contribution in [0.4, 0.5) is 0 Å². The van der Waals surface area contributed by atoms with E-state index in [1.807, 2.05) is 11.5 Å². The van der Waals surface area contributed by atoms with E-state index in [1.165, 1.54) is 17.3 Å². The lowest BCUT2D eigenvalue weighted by molar-refractivity contribution is -0.118. The molecule has 3 aromatic rings. The Morgan fingerprint density at radius 1 is 1.20 bits per heavy atom. The van der Waals surface area contributed by atoms with Gasteiger partial charge in [-0.15, -0.1) is 10.2 Å². The number of carbonyl (C=O) groups excluding carboxylic acids is 1. The molecule has 8 heteroatoms. The largest absolute Gasteiger partial charge is 0.463 e. The van der Waals surface area contributed by atoms with Crippen molar-refractivity contribution in [3.8, 4) is 11.4 Å². The van der Waals surface area contributed by atoms with Crippen LogP contribution < -0.4 is 5.43 Å². The fraction of sp³-hybridized carbons (Fsp3) is 0.364. The van der Waals surface area contributed by atoms with Crippen LogP contribution >= 0.6 is 11.8 Å². The molecule has 0 spiro atoms. The molecule has 0 radical (unpaired) electrons. The number of aromatic nitrogens is 3. The maximum Gasteiger partial charge on any atom is 0.250 e. The van der Waals surface area contributed by atoms with Crippen molar-refractivity contribution in [2.24, 2.45) is 5.10 Å². The number of furan rings is 1. The molecule has 0 saturated heterocycles. The molecule has 0 atom stereocenters. The molecule has 0 aliphatic carbocycles. The zero-order valence-electron chi connectivity index (χ0n) is 18.0. The first kappa shape index (κ1) is 21.8. The van der Waals surface area contributed by atoms with Crippen molar-refractivity contribution in [1.82, 2.24) is 20.2 Å². The van der Waals surface area contributed by atoms with Crippen molar-refractivity contribution in [3.63, 3.8) is 0 Å². The molecule has 0 aliphatic heterocycles. The van der Waals surface area contributed by atoms with E-state index >= 15 is 0 Å². The van der Waals surface area contributed by atoms with Gasteiger partial charge in [0.15, 0.2) is 11.0 Å².